The lowest BCUT2D eigenvalue weighted by Gasteiger charge is -2.18. The summed E-state index contributed by atoms with van der Waals surface area (Å²) in [5, 5.41) is 0.311. The summed E-state index contributed by atoms with van der Waals surface area (Å²) >= 11 is 6.42. The Labute approximate surface area is 108 Å². The highest BCUT2D eigenvalue weighted by molar-refractivity contribution is 9.10. The van der Waals surface area contributed by atoms with E-state index in [2.05, 4.69) is 31.9 Å². The van der Waals surface area contributed by atoms with Crippen LogP contribution in [0, 0.1) is 0 Å². The summed E-state index contributed by atoms with van der Waals surface area (Å²) in [7, 11) is 0. The van der Waals surface area contributed by atoms with Crippen molar-refractivity contribution in [3.05, 3.63) is 34.3 Å². The molecule has 6 heteroatoms. The largest absolute Gasteiger partial charge is 0.411 e. The first-order chi connectivity index (χ1) is 7.44. The quantitative estimate of drug-likeness (QED) is 0.719. The lowest BCUT2D eigenvalue weighted by atomic mass is 10.1. The van der Waals surface area contributed by atoms with Crippen molar-refractivity contribution in [2.75, 3.05) is 11.9 Å². The van der Waals surface area contributed by atoms with Gasteiger partial charge in [-0.25, -0.2) is 0 Å². The number of hydrogen-bond acceptors (Lipinski definition) is 1. The van der Waals surface area contributed by atoms with Gasteiger partial charge in [0.1, 0.15) is 6.61 Å². The van der Waals surface area contributed by atoms with E-state index in [0.717, 1.165) is 4.47 Å². The van der Waals surface area contributed by atoms with Gasteiger partial charge < -0.3 is 4.74 Å². The van der Waals surface area contributed by atoms with Crippen LogP contribution in [0.4, 0.5) is 13.2 Å². The third-order valence-electron chi connectivity index (χ3n) is 1.84. The zero-order valence-corrected chi connectivity index (χ0v) is 11.3. The van der Waals surface area contributed by atoms with E-state index < -0.39 is 18.9 Å². The van der Waals surface area contributed by atoms with Crippen LogP contribution in [0.3, 0.4) is 0 Å². The molecule has 1 rings (SSSR count). The highest BCUT2D eigenvalue weighted by atomic mass is 79.9. The molecule has 0 spiro atoms. The highest BCUT2D eigenvalue weighted by Crippen LogP contribution is 2.29. The maximum absolute atomic E-state index is 12.0. The molecule has 1 nitrogen and oxygen atoms in total. The predicted octanol–water partition coefficient (Wildman–Crippen LogP) is 4.46. The summed E-state index contributed by atoms with van der Waals surface area (Å²) in [4.78, 5) is 0. The predicted molar refractivity (Wildman–Crippen MR) is 62.7 cm³/mol. The van der Waals surface area contributed by atoms with Crippen molar-refractivity contribution >= 4 is 31.9 Å². The van der Waals surface area contributed by atoms with Crippen LogP contribution in [0.1, 0.15) is 11.7 Å². The maximum atomic E-state index is 12.0. The molecule has 0 amide bonds. The number of rotatable bonds is 4. The maximum Gasteiger partial charge on any atom is 0.411 e. The molecule has 0 N–H and O–H groups in total. The van der Waals surface area contributed by atoms with Gasteiger partial charge in [0, 0.05) is 9.80 Å². The van der Waals surface area contributed by atoms with Crippen molar-refractivity contribution in [3.8, 4) is 0 Å². The Kier molecular flexibility index (Phi) is 5.27. The molecule has 1 aromatic carbocycles. The fourth-order valence-electron chi connectivity index (χ4n) is 1.15. The number of alkyl halides is 4. The molecule has 1 aromatic rings. The van der Waals surface area contributed by atoms with E-state index in [-0.39, 0.29) is 0 Å². The number of hydrogen-bond donors (Lipinski definition) is 0. The van der Waals surface area contributed by atoms with Crippen molar-refractivity contribution in [2.45, 2.75) is 12.3 Å². The van der Waals surface area contributed by atoms with Gasteiger partial charge in [0.05, 0.1) is 6.10 Å². The van der Waals surface area contributed by atoms with Crippen LogP contribution < -0.4 is 0 Å². The van der Waals surface area contributed by atoms with Crippen molar-refractivity contribution in [3.63, 3.8) is 0 Å². The summed E-state index contributed by atoms with van der Waals surface area (Å²) in [5.74, 6) is 0. The Morgan fingerprint density at radius 3 is 2.38 bits per heavy atom. The Morgan fingerprint density at radius 2 is 1.88 bits per heavy atom. The van der Waals surface area contributed by atoms with Crippen molar-refractivity contribution in [1.82, 2.24) is 0 Å². The first-order valence-electron chi connectivity index (χ1n) is 4.43. The molecule has 16 heavy (non-hydrogen) atoms. The topological polar surface area (TPSA) is 9.23 Å². The van der Waals surface area contributed by atoms with Gasteiger partial charge in [-0.05, 0) is 11.6 Å². The fourth-order valence-corrected chi connectivity index (χ4v) is 2.22. The minimum Gasteiger partial charge on any atom is -0.363 e. The average molecular weight is 362 g/mol. The second-order valence-corrected chi connectivity index (χ2v) is 4.59. The fraction of sp³-hybridized carbons (Fsp3) is 0.400. The van der Waals surface area contributed by atoms with E-state index in [9.17, 15) is 13.2 Å². The average Bonchev–Trinajstić information content (AvgIpc) is 2.20. The lowest BCUT2D eigenvalue weighted by molar-refractivity contribution is -0.183. The zero-order chi connectivity index (χ0) is 12.2. The molecule has 1 atom stereocenters. The second-order valence-electron chi connectivity index (χ2n) is 3.09. The van der Waals surface area contributed by atoms with Gasteiger partial charge in [-0.1, -0.05) is 50.1 Å². The Bertz CT molecular complexity index is 341. The van der Waals surface area contributed by atoms with Crippen LogP contribution in [0.5, 0.6) is 0 Å². The van der Waals surface area contributed by atoms with E-state index in [1.807, 2.05) is 0 Å². The molecule has 90 valence electrons. The first kappa shape index (κ1) is 14.0. The molecular formula is C10H9Br2F3O. The standard InChI is InChI=1S/C10H9Br2F3O/c11-5-9(16-6-10(13,14)15)7-3-1-2-4-8(7)12/h1-4,9H,5-6H2. The SMILES string of the molecule is FC(F)(F)COC(CBr)c1ccccc1Br. The third-order valence-corrected chi connectivity index (χ3v) is 3.15. The van der Waals surface area contributed by atoms with E-state index >= 15 is 0 Å². The highest BCUT2D eigenvalue weighted by Gasteiger charge is 2.29. The normalized spacial score (nSPS) is 13.8. The van der Waals surface area contributed by atoms with Gasteiger partial charge in [-0.3, -0.25) is 0 Å². The van der Waals surface area contributed by atoms with Gasteiger partial charge in [-0.15, -0.1) is 0 Å². The second kappa shape index (κ2) is 6.02. The molecule has 0 radical (unpaired) electrons. The molecule has 0 saturated heterocycles. The zero-order valence-electron chi connectivity index (χ0n) is 8.10. The van der Waals surface area contributed by atoms with Crippen molar-refractivity contribution in [1.29, 1.82) is 0 Å². The first-order valence-corrected chi connectivity index (χ1v) is 6.34. The third kappa shape index (κ3) is 4.43. The van der Waals surface area contributed by atoms with Gasteiger partial charge in [0.2, 0.25) is 0 Å². The number of halogens is 5. The van der Waals surface area contributed by atoms with Crippen LogP contribution in [0.15, 0.2) is 28.7 Å². The van der Waals surface area contributed by atoms with E-state index in [0.29, 0.717) is 10.9 Å². The molecule has 0 heterocycles. The van der Waals surface area contributed by atoms with E-state index in [1.54, 1.807) is 24.3 Å². The smallest absolute Gasteiger partial charge is 0.363 e. The Hall–Kier alpha value is -0.0700. The van der Waals surface area contributed by atoms with Gasteiger partial charge in [-0.2, -0.15) is 13.2 Å². The molecule has 0 saturated carbocycles. The summed E-state index contributed by atoms with van der Waals surface area (Å²) in [6.07, 6.45) is -4.92. The molecule has 0 fully saturated rings. The van der Waals surface area contributed by atoms with Gasteiger partial charge in [0.25, 0.3) is 0 Å². The summed E-state index contributed by atoms with van der Waals surface area (Å²) in [6, 6.07) is 7.05. The molecule has 0 aliphatic carbocycles. The molecule has 0 bridgehead atoms. The van der Waals surface area contributed by atoms with Crippen LogP contribution in [0.25, 0.3) is 0 Å². The Morgan fingerprint density at radius 1 is 1.25 bits per heavy atom. The summed E-state index contributed by atoms with van der Waals surface area (Å²) < 4.78 is 41.6. The minimum absolute atomic E-state index is 0.311. The van der Waals surface area contributed by atoms with Crippen LogP contribution in [0.2, 0.25) is 0 Å². The summed E-state index contributed by atoms with van der Waals surface area (Å²) in [6.45, 7) is -1.25. The minimum atomic E-state index is -4.30. The monoisotopic (exact) mass is 360 g/mol. The van der Waals surface area contributed by atoms with Crippen molar-refractivity contribution in [2.24, 2.45) is 0 Å². The van der Waals surface area contributed by atoms with Gasteiger partial charge in [0.15, 0.2) is 0 Å². The number of ether oxygens (including phenoxy) is 1. The molecule has 0 aliphatic rings. The van der Waals surface area contributed by atoms with Gasteiger partial charge >= 0.3 is 6.18 Å². The molecule has 0 aromatic heterocycles. The molecular weight excluding hydrogens is 353 g/mol. The van der Waals surface area contributed by atoms with Crippen LogP contribution in [-0.2, 0) is 4.74 Å². The summed E-state index contributed by atoms with van der Waals surface area (Å²) in [5.41, 5.74) is 0.698. The molecule has 1 unspecified atom stereocenters. The van der Waals surface area contributed by atoms with Crippen molar-refractivity contribution < 1.29 is 17.9 Å². The molecule has 0 aliphatic heterocycles. The lowest BCUT2D eigenvalue weighted by Crippen LogP contribution is -2.20. The van der Waals surface area contributed by atoms with Crippen LogP contribution in [-0.4, -0.2) is 18.1 Å². The Balaban J connectivity index is 2.72. The number of benzene rings is 1. The van der Waals surface area contributed by atoms with E-state index in [1.165, 1.54) is 0 Å². The van der Waals surface area contributed by atoms with E-state index in [4.69, 9.17) is 4.74 Å². The van der Waals surface area contributed by atoms with Crippen LogP contribution >= 0.6 is 31.9 Å².